The molecular formula is C10H10FNO2S. The zero-order valence-electron chi connectivity index (χ0n) is 8.37. The maximum atomic E-state index is 12.9. The minimum atomic E-state index is -1.03. The van der Waals surface area contributed by atoms with Gasteiger partial charge in [-0.2, -0.15) is 0 Å². The summed E-state index contributed by atoms with van der Waals surface area (Å²) in [5.74, 6) is -1.68. The smallest absolute Gasteiger partial charge is 0.331 e. The number of carboxylic acids is 1. The first-order valence-corrected chi connectivity index (χ1v) is 4.97. The van der Waals surface area contributed by atoms with Crippen molar-refractivity contribution in [1.29, 1.82) is 0 Å². The lowest BCUT2D eigenvalue weighted by molar-refractivity contribution is -0.132. The lowest BCUT2D eigenvalue weighted by atomic mass is 10.2. The topological polar surface area (TPSA) is 50.2 Å². The SMILES string of the molecule is C=C(F)c1nc(C)sc1/C=C(\C)C(=O)O. The summed E-state index contributed by atoms with van der Waals surface area (Å²) in [6.45, 7) is 6.33. The molecule has 3 nitrogen and oxygen atoms in total. The van der Waals surface area contributed by atoms with Crippen LogP contribution in [0.3, 0.4) is 0 Å². The molecule has 0 aliphatic heterocycles. The Kier molecular flexibility index (Phi) is 3.36. The van der Waals surface area contributed by atoms with Gasteiger partial charge in [-0.3, -0.25) is 0 Å². The molecule has 5 heteroatoms. The van der Waals surface area contributed by atoms with Gasteiger partial charge in [-0.15, -0.1) is 11.3 Å². The highest BCUT2D eigenvalue weighted by atomic mass is 32.1. The van der Waals surface area contributed by atoms with Crippen LogP contribution in [0.1, 0.15) is 22.5 Å². The quantitative estimate of drug-likeness (QED) is 0.808. The number of carboxylic acid groups (broad SMARTS) is 1. The van der Waals surface area contributed by atoms with Crippen molar-refractivity contribution in [3.05, 3.63) is 27.7 Å². The van der Waals surface area contributed by atoms with Crippen LogP contribution < -0.4 is 0 Å². The molecule has 0 aliphatic carbocycles. The monoisotopic (exact) mass is 227 g/mol. The van der Waals surface area contributed by atoms with Crippen molar-refractivity contribution in [3.8, 4) is 0 Å². The first kappa shape index (κ1) is 11.6. The van der Waals surface area contributed by atoms with Crippen LogP contribution in [-0.4, -0.2) is 16.1 Å². The average molecular weight is 227 g/mol. The first-order chi connectivity index (χ1) is 6.91. The van der Waals surface area contributed by atoms with Crippen molar-refractivity contribution in [2.45, 2.75) is 13.8 Å². The van der Waals surface area contributed by atoms with E-state index in [1.807, 2.05) is 0 Å². The van der Waals surface area contributed by atoms with E-state index < -0.39 is 11.8 Å². The third-order valence-electron chi connectivity index (χ3n) is 1.70. The molecule has 0 aliphatic rings. The number of aromatic nitrogens is 1. The van der Waals surface area contributed by atoms with Crippen molar-refractivity contribution in [2.75, 3.05) is 0 Å². The molecule has 0 unspecified atom stereocenters. The van der Waals surface area contributed by atoms with Gasteiger partial charge in [0.1, 0.15) is 11.5 Å². The van der Waals surface area contributed by atoms with Crippen LogP contribution in [0, 0.1) is 6.92 Å². The lowest BCUT2D eigenvalue weighted by Gasteiger charge is -1.94. The van der Waals surface area contributed by atoms with E-state index in [0.29, 0.717) is 9.88 Å². The Balaban J connectivity index is 3.20. The van der Waals surface area contributed by atoms with E-state index in [-0.39, 0.29) is 11.3 Å². The fourth-order valence-electron chi connectivity index (χ4n) is 0.993. The van der Waals surface area contributed by atoms with E-state index >= 15 is 0 Å². The number of hydrogen-bond donors (Lipinski definition) is 1. The number of rotatable bonds is 3. The third kappa shape index (κ3) is 2.73. The van der Waals surface area contributed by atoms with Crippen LogP contribution in [0.2, 0.25) is 0 Å². The molecule has 1 heterocycles. The number of aliphatic carboxylic acids is 1. The van der Waals surface area contributed by atoms with Gasteiger partial charge in [0.05, 0.1) is 9.88 Å². The summed E-state index contributed by atoms with van der Waals surface area (Å²) >= 11 is 1.24. The molecule has 0 saturated heterocycles. The fraction of sp³-hybridized carbons (Fsp3) is 0.200. The van der Waals surface area contributed by atoms with Crippen LogP contribution in [0.25, 0.3) is 11.9 Å². The Bertz CT molecular complexity index is 448. The molecule has 0 atom stereocenters. The number of aryl methyl sites for hydroxylation is 1. The Morgan fingerprint density at radius 3 is 2.73 bits per heavy atom. The molecule has 0 saturated carbocycles. The van der Waals surface area contributed by atoms with Crippen LogP contribution in [-0.2, 0) is 4.79 Å². The minimum Gasteiger partial charge on any atom is -0.478 e. The highest BCUT2D eigenvalue weighted by Gasteiger charge is 2.11. The lowest BCUT2D eigenvalue weighted by Crippen LogP contribution is -1.95. The Morgan fingerprint density at radius 2 is 2.27 bits per heavy atom. The molecule has 1 rings (SSSR count). The number of hydrogen-bond acceptors (Lipinski definition) is 3. The normalized spacial score (nSPS) is 11.5. The van der Waals surface area contributed by atoms with Crippen LogP contribution >= 0.6 is 11.3 Å². The molecule has 0 amide bonds. The van der Waals surface area contributed by atoms with Gasteiger partial charge < -0.3 is 5.11 Å². The van der Waals surface area contributed by atoms with E-state index in [2.05, 4.69) is 11.6 Å². The van der Waals surface area contributed by atoms with E-state index in [0.717, 1.165) is 0 Å². The molecule has 0 bridgehead atoms. The second kappa shape index (κ2) is 4.35. The van der Waals surface area contributed by atoms with Crippen molar-refractivity contribution in [3.63, 3.8) is 0 Å². The Labute approximate surface area is 90.6 Å². The van der Waals surface area contributed by atoms with Gasteiger partial charge in [0.15, 0.2) is 0 Å². The molecule has 0 fully saturated rings. The van der Waals surface area contributed by atoms with Gasteiger partial charge in [-0.05, 0) is 19.9 Å². The number of carbonyl (C=O) groups is 1. The van der Waals surface area contributed by atoms with Crippen molar-refractivity contribution < 1.29 is 14.3 Å². The highest BCUT2D eigenvalue weighted by Crippen LogP contribution is 2.26. The maximum absolute atomic E-state index is 12.9. The third-order valence-corrected chi connectivity index (χ3v) is 2.62. The fourth-order valence-corrected chi connectivity index (χ4v) is 1.94. The number of halogens is 1. The van der Waals surface area contributed by atoms with Gasteiger partial charge in [0.25, 0.3) is 0 Å². The van der Waals surface area contributed by atoms with Gasteiger partial charge >= 0.3 is 5.97 Å². The average Bonchev–Trinajstić information content (AvgIpc) is 2.46. The largest absolute Gasteiger partial charge is 0.478 e. The molecule has 0 aromatic carbocycles. The maximum Gasteiger partial charge on any atom is 0.331 e. The summed E-state index contributed by atoms with van der Waals surface area (Å²) in [7, 11) is 0. The van der Waals surface area contributed by atoms with Crippen LogP contribution in [0.15, 0.2) is 12.2 Å². The molecule has 0 radical (unpaired) electrons. The summed E-state index contributed by atoms with van der Waals surface area (Å²) in [5.41, 5.74) is 0.263. The molecule has 80 valence electrons. The van der Waals surface area contributed by atoms with Crippen molar-refractivity contribution >= 4 is 29.2 Å². The van der Waals surface area contributed by atoms with E-state index in [4.69, 9.17) is 5.11 Å². The number of thiazole rings is 1. The predicted octanol–water partition coefficient (Wildman–Crippen LogP) is 2.88. The second-order valence-electron chi connectivity index (χ2n) is 2.98. The zero-order valence-corrected chi connectivity index (χ0v) is 9.19. The van der Waals surface area contributed by atoms with Crippen LogP contribution in [0.4, 0.5) is 4.39 Å². The van der Waals surface area contributed by atoms with Gasteiger partial charge in [0, 0.05) is 5.57 Å². The summed E-state index contributed by atoms with van der Waals surface area (Å²) in [4.78, 5) is 15.0. The molecule has 1 aromatic heterocycles. The highest BCUT2D eigenvalue weighted by molar-refractivity contribution is 7.12. The molecule has 15 heavy (non-hydrogen) atoms. The van der Waals surface area contributed by atoms with E-state index in [9.17, 15) is 9.18 Å². The van der Waals surface area contributed by atoms with E-state index in [1.165, 1.54) is 24.3 Å². The summed E-state index contributed by atoms with van der Waals surface area (Å²) < 4.78 is 12.9. The standard InChI is InChI=1S/C10H10FNO2S/c1-5(10(13)14)4-8-9(6(2)11)12-7(3)15-8/h4H,2H2,1,3H3,(H,13,14)/b5-4+. The first-order valence-electron chi connectivity index (χ1n) is 4.15. The predicted molar refractivity (Wildman–Crippen MR) is 58.3 cm³/mol. The summed E-state index contributed by atoms with van der Waals surface area (Å²) in [6, 6.07) is 0. The Morgan fingerprint density at radius 1 is 1.67 bits per heavy atom. The summed E-state index contributed by atoms with van der Waals surface area (Å²) in [6.07, 6.45) is 1.40. The van der Waals surface area contributed by atoms with Gasteiger partial charge in [0.2, 0.25) is 0 Å². The minimum absolute atomic E-state index is 0.123. The van der Waals surface area contributed by atoms with Crippen LogP contribution in [0.5, 0.6) is 0 Å². The Hall–Kier alpha value is -1.49. The molecular weight excluding hydrogens is 217 g/mol. The molecule has 1 N–H and O–H groups in total. The van der Waals surface area contributed by atoms with Crippen molar-refractivity contribution in [1.82, 2.24) is 4.98 Å². The number of nitrogens with zero attached hydrogens (tertiary/aromatic N) is 1. The van der Waals surface area contributed by atoms with Gasteiger partial charge in [-0.1, -0.05) is 6.58 Å². The van der Waals surface area contributed by atoms with Crippen molar-refractivity contribution in [2.24, 2.45) is 0 Å². The second-order valence-corrected chi connectivity index (χ2v) is 4.22. The molecule has 0 spiro atoms. The zero-order chi connectivity index (χ0) is 11.6. The van der Waals surface area contributed by atoms with Gasteiger partial charge in [-0.25, -0.2) is 14.2 Å². The molecule has 1 aromatic rings. The van der Waals surface area contributed by atoms with E-state index in [1.54, 1.807) is 6.92 Å². The summed E-state index contributed by atoms with van der Waals surface area (Å²) in [5, 5.41) is 9.35.